The number of para-hydroxylation sites is 1. The van der Waals surface area contributed by atoms with Crippen LogP contribution in [0.5, 0.6) is 0 Å². The molecule has 2 amide bonds. The van der Waals surface area contributed by atoms with E-state index >= 15 is 0 Å². The van der Waals surface area contributed by atoms with Gasteiger partial charge in [0.05, 0.1) is 22.2 Å². The highest BCUT2D eigenvalue weighted by molar-refractivity contribution is 7.92. The Hall–Kier alpha value is -3.07. The molecule has 0 atom stereocenters. The molecule has 10 heteroatoms. The summed E-state index contributed by atoms with van der Waals surface area (Å²) in [7, 11) is -2.53. The molecule has 3 rings (SSSR count). The van der Waals surface area contributed by atoms with Crippen LogP contribution in [0.2, 0.25) is 10.0 Å². The first-order chi connectivity index (χ1) is 15.2. The molecule has 166 valence electrons. The Morgan fingerprint density at radius 1 is 0.938 bits per heavy atom. The summed E-state index contributed by atoms with van der Waals surface area (Å²) in [6, 6.07) is 18.6. The molecule has 3 aromatic rings. The fraction of sp³-hybridized carbons (Fsp3) is 0.0909. The minimum Gasteiger partial charge on any atom is -0.332 e. The van der Waals surface area contributed by atoms with Gasteiger partial charge >= 0.3 is 0 Å². The van der Waals surface area contributed by atoms with E-state index < -0.39 is 21.8 Å². The molecule has 0 spiro atoms. The number of hydrogen-bond donors (Lipinski definition) is 2. The van der Waals surface area contributed by atoms with Crippen LogP contribution in [0.4, 0.5) is 11.4 Å². The molecular weight excluding hydrogens is 473 g/mol. The fourth-order valence-electron chi connectivity index (χ4n) is 2.82. The van der Waals surface area contributed by atoms with E-state index in [-0.39, 0.29) is 27.7 Å². The molecule has 0 radical (unpaired) electrons. The maximum atomic E-state index is 12.8. The summed E-state index contributed by atoms with van der Waals surface area (Å²) in [5.74, 6) is -0.937. The number of sulfonamides is 1. The standard InChI is InChI=1S/C22H19Cl2N3O4S/c1-27(14-21(28)25-17-8-5-7-16(23)13-17)22(29)15-6-4-9-18(12-15)32(30,31)26-20-11-3-2-10-19(20)24/h2-13,26H,14H2,1H3,(H,25,28). The molecule has 0 heterocycles. The summed E-state index contributed by atoms with van der Waals surface area (Å²) in [5, 5.41) is 3.36. The molecule has 32 heavy (non-hydrogen) atoms. The van der Waals surface area contributed by atoms with E-state index in [1.54, 1.807) is 42.5 Å². The maximum absolute atomic E-state index is 12.8. The third kappa shape index (κ3) is 6.00. The fourth-order valence-corrected chi connectivity index (χ4v) is 4.37. The third-order valence-electron chi connectivity index (χ3n) is 4.35. The highest BCUT2D eigenvalue weighted by atomic mass is 35.5. The second-order valence-corrected chi connectivity index (χ2v) is 9.36. The minimum absolute atomic E-state index is 0.111. The van der Waals surface area contributed by atoms with Crippen LogP contribution < -0.4 is 10.0 Å². The van der Waals surface area contributed by atoms with E-state index in [0.717, 1.165) is 0 Å². The Labute approximate surface area is 196 Å². The zero-order valence-electron chi connectivity index (χ0n) is 16.9. The van der Waals surface area contributed by atoms with Crippen molar-refractivity contribution in [1.29, 1.82) is 0 Å². The number of nitrogens with zero attached hydrogens (tertiary/aromatic N) is 1. The summed E-state index contributed by atoms with van der Waals surface area (Å²) >= 11 is 11.9. The van der Waals surface area contributed by atoms with Gasteiger partial charge in [0.2, 0.25) is 5.91 Å². The Morgan fingerprint density at radius 3 is 2.38 bits per heavy atom. The smallest absolute Gasteiger partial charge is 0.261 e. The zero-order valence-corrected chi connectivity index (χ0v) is 19.2. The summed E-state index contributed by atoms with van der Waals surface area (Å²) in [6.07, 6.45) is 0. The van der Waals surface area contributed by atoms with Crippen molar-refractivity contribution in [2.45, 2.75) is 4.90 Å². The lowest BCUT2D eigenvalue weighted by molar-refractivity contribution is -0.116. The van der Waals surface area contributed by atoms with Crippen molar-refractivity contribution in [3.8, 4) is 0 Å². The number of hydrogen-bond acceptors (Lipinski definition) is 4. The first-order valence-corrected chi connectivity index (χ1v) is 11.6. The van der Waals surface area contributed by atoms with Crippen LogP contribution in [0.3, 0.4) is 0 Å². The van der Waals surface area contributed by atoms with E-state index in [1.807, 2.05) is 0 Å². The highest BCUT2D eigenvalue weighted by Crippen LogP contribution is 2.24. The van der Waals surface area contributed by atoms with Crippen molar-refractivity contribution in [2.75, 3.05) is 23.6 Å². The summed E-state index contributed by atoms with van der Waals surface area (Å²) in [4.78, 5) is 26.1. The Kier molecular flexibility index (Phi) is 7.40. The van der Waals surface area contributed by atoms with E-state index in [1.165, 1.54) is 42.3 Å². The van der Waals surface area contributed by atoms with E-state index in [9.17, 15) is 18.0 Å². The SMILES string of the molecule is CN(CC(=O)Nc1cccc(Cl)c1)C(=O)c1cccc(S(=O)(=O)Nc2ccccc2Cl)c1. The number of amides is 2. The van der Waals surface area contributed by atoms with Gasteiger partial charge < -0.3 is 10.2 Å². The summed E-state index contributed by atoms with van der Waals surface area (Å²) < 4.78 is 27.9. The van der Waals surface area contributed by atoms with Crippen LogP contribution in [-0.4, -0.2) is 38.7 Å². The minimum atomic E-state index is -3.98. The van der Waals surface area contributed by atoms with Crippen LogP contribution in [0.25, 0.3) is 0 Å². The molecule has 0 saturated carbocycles. The van der Waals surface area contributed by atoms with E-state index in [2.05, 4.69) is 10.0 Å². The number of anilines is 2. The first kappa shape index (κ1) is 23.6. The van der Waals surface area contributed by atoms with Gasteiger partial charge in [0, 0.05) is 23.3 Å². The number of rotatable bonds is 7. The quantitative estimate of drug-likeness (QED) is 0.508. The number of likely N-dealkylation sites (N-methyl/N-ethyl adjacent to an activating group) is 1. The normalized spacial score (nSPS) is 11.0. The van der Waals surface area contributed by atoms with Crippen LogP contribution >= 0.6 is 23.2 Å². The average molecular weight is 492 g/mol. The number of benzene rings is 3. The van der Waals surface area contributed by atoms with Crippen molar-refractivity contribution >= 4 is 56.4 Å². The highest BCUT2D eigenvalue weighted by Gasteiger charge is 2.20. The van der Waals surface area contributed by atoms with Gasteiger partial charge in [-0.3, -0.25) is 14.3 Å². The molecule has 0 unspecified atom stereocenters. The van der Waals surface area contributed by atoms with Crippen molar-refractivity contribution in [2.24, 2.45) is 0 Å². The molecule has 0 aliphatic heterocycles. The van der Waals surface area contributed by atoms with E-state index in [0.29, 0.717) is 10.7 Å². The van der Waals surface area contributed by atoms with Gasteiger partial charge in [-0.15, -0.1) is 0 Å². The lowest BCUT2D eigenvalue weighted by Gasteiger charge is -2.17. The Balaban J connectivity index is 1.71. The molecule has 0 aliphatic carbocycles. The summed E-state index contributed by atoms with van der Waals surface area (Å²) in [5.41, 5.74) is 0.841. The number of nitrogens with one attached hydrogen (secondary N) is 2. The van der Waals surface area contributed by atoms with Gasteiger partial charge in [0.25, 0.3) is 15.9 Å². The number of carbonyl (C=O) groups excluding carboxylic acids is 2. The van der Waals surface area contributed by atoms with Crippen molar-refractivity contribution < 1.29 is 18.0 Å². The van der Waals surface area contributed by atoms with Gasteiger partial charge in [-0.2, -0.15) is 0 Å². The number of carbonyl (C=O) groups is 2. The lowest BCUT2D eigenvalue weighted by atomic mass is 10.2. The third-order valence-corrected chi connectivity index (χ3v) is 6.27. The van der Waals surface area contributed by atoms with Crippen molar-refractivity contribution in [3.63, 3.8) is 0 Å². The second-order valence-electron chi connectivity index (χ2n) is 6.83. The molecule has 0 fully saturated rings. The van der Waals surface area contributed by atoms with Gasteiger partial charge in [0.15, 0.2) is 0 Å². The topological polar surface area (TPSA) is 95.6 Å². The zero-order chi connectivity index (χ0) is 23.3. The largest absolute Gasteiger partial charge is 0.332 e. The molecule has 0 bridgehead atoms. The van der Waals surface area contributed by atoms with Crippen LogP contribution in [-0.2, 0) is 14.8 Å². The molecular formula is C22H19Cl2N3O4S. The lowest BCUT2D eigenvalue weighted by Crippen LogP contribution is -2.35. The Morgan fingerprint density at radius 2 is 1.66 bits per heavy atom. The molecule has 0 aromatic heterocycles. The maximum Gasteiger partial charge on any atom is 0.261 e. The molecule has 7 nitrogen and oxygen atoms in total. The van der Waals surface area contributed by atoms with Crippen molar-refractivity contribution in [1.82, 2.24) is 4.90 Å². The predicted octanol–water partition coefficient (Wildman–Crippen LogP) is 4.50. The monoisotopic (exact) mass is 491 g/mol. The summed E-state index contributed by atoms with van der Waals surface area (Å²) in [6.45, 7) is -0.236. The van der Waals surface area contributed by atoms with Crippen LogP contribution in [0.1, 0.15) is 10.4 Å². The van der Waals surface area contributed by atoms with Gasteiger partial charge in [-0.1, -0.05) is 47.5 Å². The Bertz CT molecular complexity index is 1270. The molecule has 3 aromatic carbocycles. The van der Waals surface area contributed by atoms with Crippen molar-refractivity contribution in [3.05, 3.63) is 88.4 Å². The van der Waals surface area contributed by atoms with Crippen LogP contribution in [0, 0.1) is 0 Å². The van der Waals surface area contributed by atoms with E-state index in [4.69, 9.17) is 23.2 Å². The van der Waals surface area contributed by atoms with Gasteiger partial charge in [-0.05, 0) is 48.5 Å². The second kappa shape index (κ2) is 10.0. The van der Waals surface area contributed by atoms with Gasteiger partial charge in [0.1, 0.15) is 0 Å². The van der Waals surface area contributed by atoms with Gasteiger partial charge in [-0.25, -0.2) is 8.42 Å². The molecule has 0 saturated heterocycles. The van der Waals surface area contributed by atoms with Crippen LogP contribution in [0.15, 0.2) is 77.7 Å². The average Bonchev–Trinajstić information content (AvgIpc) is 2.74. The number of halogens is 2. The first-order valence-electron chi connectivity index (χ1n) is 9.34. The molecule has 2 N–H and O–H groups in total. The predicted molar refractivity (Wildman–Crippen MR) is 126 cm³/mol. The molecule has 0 aliphatic rings.